The average molecular weight is 539 g/mol. The monoisotopic (exact) mass is 538 g/mol. The zero-order valence-corrected chi connectivity index (χ0v) is 22.7. The number of aliphatic carboxylic acids is 1. The van der Waals surface area contributed by atoms with Crippen LogP contribution in [-0.2, 0) is 21.4 Å². The summed E-state index contributed by atoms with van der Waals surface area (Å²) in [6.45, 7) is 6.83. The third-order valence-electron chi connectivity index (χ3n) is 7.13. The molecule has 202 valence electrons. The molecule has 0 saturated heterocycles. The summed E-state index contributed by atoms with van der Waals surface area (Å²) in [5.41, 5.74) is 11.6. The molecule has 0 fully saturated rings. The van der Waals surface area contributed by atoms with E-state index in [1.165, 1.54) is 4.31 Å². The quantitative estimate of drug-likeness (QED) is 0.224. The molecule has 0 saturated carbocycles. The number of hydrazine groups is 1. The molecule has 9 nitrogen and oxygen atoms in total. The van der Waals surface area contributed by atoms with Gasteiger partial charge in [-0.2, -0.15) is 4.31 Å². The van der Waals surface area contributed by atoms with E-state index in [4.69, 9.17) is 16.3 Å². The van der Waals surface area contributed by atoms with Crippen molar-refractivity contribution in [3.63, 3.8) is 0 Å². The fourth-order valence-electron chi connectivity index (χ4n) is 4.84. The second-order valence-electron chi connectivity index (χ2n) is 9.47. The molecule has 1 aliphatic rings. The molecule has 0 spiro atoms. The molecule has 1 heterocycles. The zero-order chi connectivity index (χ0) is 27.6. The lowest BCUT2D eigenvalue weighted by Crippen LogP contribution is -2.32. The Morgan fingerprint density at radius 1 is 1.16 bits per heavy atom. The van der Waals surface area contributed by atoms with Crippen molar-refractivity contribution >= 4 is 27.4 Å². The number of carboxylic acid groups (broad SMARTS) is 1. The van der Waals surface area contributed by atoms with Gasteiger partial charge in [-0.15, -0.1) is 0 Å². The lowest BCUT2D eigenvalue weighted by molar-refractivity contribution is -0.137. The topological polar surface area (TPSA) is 139 Å². The average Bonchev–Trinajstić information content (AvgIpc) is 3.01. The summed E-state index contributed by atoms with van der Waals surface area (Å²) < 4.78 is 34.0. The van der Waals surface area contributed by atoms with Crippen LogP contribution >= 0.6 is 0 Å². The summed E-state index contributed by atoms with van der Waals surface area (Å²) in [6, 6.07) is 16.0. The van der Waals surface area contributed by atoms with E-state index in [1.807, 2.05) is 51.1 Å². The number of benzene rings is 3. The molecule has 0 bridgehead atoms. The Labute approximate surface area is 223 Å². The van der Waals surface area contributed by atoms with Gasteiger partial charge in [0, 0.05) is 25.6 Å². The van der Waals surface area contributed by atoms with Crippen LogP contribution in [0.25, 0.3) is 0 Å². The number of carboxylic acids is 1. The van der Waals surface area contributed by atoms with E-state index in [2.05, 4.69) is 0 Å². The van der Waals surface area contributed by atoms with Crippen molar-refractivity contribution in [2.45, 2.75) is 44.6 Å². The summed E-state index contributed by atoms with van der Waals surface area (Å²) in [6.07, 6.45) is -0.147. The molecule has 0 aromatic heterocycles. The van der Waals surface area contributed by atoms with Gasteiger partial charge in [0.25, 0.3) is 0 Å². The van der Waals surface area contributed by atoms with E-state index in [-0.39, 0.29) is 31.0 Å². The molecular weight excluding hydrogens is 504 g/mol. The van der Waals surface area contributed by atoms with Crippen LogP contribution in [0.2, 0.25) is 0 Å². The van der Waals surface area contributed by atoms with Gasteiger partial charge in [0.15, 0.2) is 0 Å². The lowest BCUT2D eigenvalue weighted by Gasteiger charge is -2.25. The van der Waals surface area contributed by atoms with Crippen molar-refractivity contribution in [2.24, 2.45) is 5.84 Å². The largest absolute Gasteiger partial charge is 0.491 e. The minimum atomic E-state index is -3.79. The molecule has 1 unspecified atom stereocenters. The van der Waals surface area contributed by atoms with Crippen molar-refractivity contribution < 1.29 is 23.1 Å². The van der Waals surface area contributed by atoms with Crippen LogP contribution in [0.1, 0.15) is 47.1 Å². The second kappa shape index (κ2) is 11.0. The van der Waals surface area contributed by atoms with Crippen molar-refractivity contribution in [3.8, 4) is 5.75 Å². The highest BCUT2D eigenvalue weighted by molar-refractivity contribution is 7.89. The number of aryl methyl sites for hydroxylation is 1. The number of hydrogen-bond acceptors (Lipinski definition) is 7. The Hall–Kier alpha value is -3.60. The maximum Gasteiger partial charge on any atom is 0.304 e. The lowest BCUT2D eigenvalue weighted by atomic mass is 9.84. The number of ether oxygens (including phenoxy) is 1. The number of nitrogens with two attached hydrogens (primary N) is 2. The zero-order valence-electron chi connectivity index (χ0n) is 21.8. The maximum atomic E-state index is 13.5. The van der Waals surface area contributed by atoms with Gasteiger partial charge in [0.05, 0.1) is 17.8 Å². The fourth-order valence-corrected chi connectivity index (χ4v) is 6.38. The van der Waals surface area contributed by atoms with Gasteiger partial charge in [-0.3, -0.25) is 4.79 Å². The Morgan fingerprint density at radius 2 is 1.89 bits per heavy atom. The Morgan fingerprint density at radius 3 is 2.61 bits per heavy atom. The van der Waals surface area contributed by atoms with Gasteiger partial charge in [-0.05, 0) is 66.8 Å². The normalized spacial score (nSPS) is 15.7. The standard InChI is InChI=1S/C28H34N4O5S/c1-4-32(30)24-12-11-22(19(3)28(24)29)23(16-27(33)34)20-10-9-18(2)21(15-20)17-31-13-14-37-25-7-5-6-8-26(25)38(31,35)36/h5-12,15,23H,4,13-14,16-17,29-30H2,1-3H3,(H,33,34). The van der Waals surface area contributed by atoms with Crippen LogP contribution in [0.15, 0.2) is 59.5 Å². The van der Waals surface area contributed by atoms with Crippen LogP contribution in [0.3, 0.4) is 0 Å². The number of nitrogens with zero attached hydrogens (tertiary/aromatic N) is 2. The third kappa shape index (κ3) is 5.33. The number of nitrogen functional groups attached to an aromatic ring is 1. The van der Waals surface area contributed by atoms with E-state index in [9.17, 15) is 18.3 Å². The summed E-state index contributed by atoms with van der Waals surface area (Å²) in [7, 11) is -3.79. The molecule has 1 aliphatic heterocycles. The first-order valence-electron chi connectivity index (χ1n) is 12.5. The van der Waals surface area contributed by atoms with Crippen LogP contribution in [0, 0.1) is 13.8 Å². The summed E-state index contributed by atoms with van der Waals surface area (Å²) in [5, 5.41) is 11.3. The minimum Gasteiger partial charge on any atom is -0.491 e. The number of para-hydroxylation sites is 1. The first kappa shape index (κ1) is 27.4. The summed E-state index contributed by atoms with van der Waals surface area (Å²) >= 11 is 0. The number of hydrogen-bond donors (Lipinski definition) is 3. The molecule has 0 radical (unpaired) electrons. The third-order valence-corrected chi connectivity index (χ3v) is 9.01. The Bertz CT molecular complexity index is 1460. The maximum absolute atomic E-state index is 13.5. The van der Waals surface area contributed by atoms with Crippen molar-refractivity contribution in [2.75, 3.05) is 30.4 Å². The molecule has 3 aromatic carbocycles. The first-order valence-corrected chi connectivity index (χ1v) is 13.9. The molecule has 5 N–H and O–H groups in total. The Balaban J connectivity index is 1.73. The predicted octanol–water partition coefficient (Wildman–Crippen LogP) is 3.78. The van der Waals surface area contributed by atoms with E-state index >= 15 is 0 Å². The predicted molar refractivity (Wildman–Crippen MR) is 148 cm³/mol. The van der Waals surface area contributed by atoms with Crippen LogP contribution in [-0.4, -0.2) is 43.5 Å². The Kier molecular flexibility index (Phi) is 7.96. The van der Waals surface area contributed by atoms with Crippen LogP contribution < -0.4 is 21.3 Å². The minimum absolute atomic E-state index is 0.137. The summed E-state index contributed by atoms with van der Waals surface area (Å²) in [4.78, 5) is 12.1. The molecule has 1 atom stereocenters. The number of carbonyl (C=O) groups is 1. The number of rotatable bonds is 8. The molecule has 3 aromatic rings. The van der Waals surface area contributed by atoms with Gasteiger partial charge in [-0.1, -0.05) is 36.4 Å². The highest BCUT2D eigenvalue weighted by Crippen LogP contribution is 2.37. The number of anilines is 2. The first-order chi connectivity index (χ1) is 18.0. The van der Waals surface area contributed by atoms with Gasteiger partial charge >= 0.3 is 5.97 Å². The molecule has 38 heavy (non-hydrogen) atoms. The summed E-state index contributed by atoms with van der Waals surface area (Å²) in [5.74, 6) is 4.98. The fraction of sp³-hybridized carbons (Fsp3) is 0.321. The SMILES string of the molecule is CCN(N)c1ccc(C(CC(=O)O)c2ccc(C)c(CN3CCOc4ccccc4S3(=O)=O)c2)c(C)c1N. The van der Waals surface area contributed by atoms with Crippen molar-refractivity contribution in [3.05, 3.63) is 82.4 Å². The molecule has 4 rings (SSSR count). The van der Waals surface area contributed by atoms with E-state index < -0.39 is 21.9 Å². The van der Waals surface area contributed by atoms with Gasteiger partial charge < -0.3 is 20.6 Å². The number of sulfonamides is 1. The second-order valence-corrected chi connectivity index (χ2v) is 11.4. The molecule has 10 heteroatoms. The van der Waals surface area contributed by atoms with Gasteiger partial charge in [0.2, 0.25) is 10.0 Å². The highest BCUT2D eigenvalue weighted by Gasteiger charge is 2.31. The smallest absolute Gasteiger partial charge is 0.304 e. The molecular formula is C28H34N4O5S. The van der Waals surface area contributed by atoms with E-state index in [0.29, 0.717) is 23.7 Å². The molecule has 0 aliphatic carbocycles. The van der Waals surface area contributed by atoms with Gasteiger partial charge in [0.1, 0.15) is 17.3 Å². The van der Waals surface area contributed by atoms with E-state index in [1.54, 1.807) is 29.3 Å². The van der Waals surface area contributed by atoms with Crippen molar-refractivity contribution in [1.29, 1.82) is 0 Å². The number of fused-ring (bicyclic) bond motifs is 1. The molecule has 0 amide bonds. The van der Waals surface area contributed by atoms with Crippen LogP contribution in [0.4, 0.5) is 11.4 Å². The van der Waals surface area contributed by atoms with Crippen LogP contribution in [0.5, 0.6) is 5.75 Å². The highest BCUT2D eigenvalue weighted by atomic mass is 32.2. The van der Waals surface area contributed by atoms with E-state index in [0.717, 1.165) is 27.8 Å². The van der Waals surface area contributed by atoms with Gasteiger partial charge in [-0.25, -0.2) is 14.3 Å². The van der Waals surface area contributed by atoms with Crippen molar-refractivity contribution in [1.82, 2.24) is 4.31 Å².